The number of nitrogens with one attached hydrogen (secondary N) is 1. The van der Waals surface area contributed by atoms with E-state index in [1.54, 1.807) is 0 Å². The van der Waals surface area contributed by atoms with Crippen LogP contribution < -0.4 is 5.32 Å². The summed E-state index contributed by atoms with van der Waals surface area (Å²) in [7, 11) is 0. The minimum Gasteiger partial charge on any atom is -0.377 e. The Morgan fingerprint density at radius 3 is 2.55 bits per heavy atom. The number of anilines is 1. The van der Waals surface area contributed by atoms with Crippen molar-refractivity contribution in [1.29, 1.82) is 5.26 Å². The highest BCUT2D eigenvalue weighted by Gasteiger charge is 2.12. The number of hydrogen-bond acceptors (Lipinski definition) is 2. The minimum absolute atomic E-state index is 0.175. The predicted molar refractivity (Wildman–Crippen MR) is 89.7 cm³/mol. The van der Waals surface area contributed by atoms with Crippen molar-refractivity contribution in [3.63, 3.8) is 0 Å². The van der Waals surface area contributed by atoms with Gasteiger partial charge in [0, 0.05) is 8.95 Å². The average Bonchev–Trinajstić information content (AvgIpc) is 2.45. The van der Waals surface area contributed by atoms with Crippen LogP contribution in [0.4, 0.5) is 5.69 Å². The Morgan fingerprint density at radius 1 is 1.15 bits per heavy atom. The lowest BCUT2D eigenvalue weighted by molar-refractivity contribution is 0.748. The van der Waals surface area contributed by atoms with Gasteiger partial charge in [-0.15, -0.1) is 0 Å². The highest BCUT2D eigenvalue weighted by Crippen LogP contribution is 2.28. The molecule has 0 aromatic heterocycles. The fourth-order valence-corrected chi connectivity index (χ4v) is 2.84. The number of rotatable bonds is 4. The van der Waals surface area contributed by atoms with Crippen molar-refractivity contribution in [2.24, 2.45) is 0 Å². The van der Waals surface area contributed by atoms with E-state index in [-0.39, 0.29) is 6.04 Å². The molecule has 20 heavy (non-hydrogen) atoms. The molecule has 0 heterocycles. The topological polar surface area (TPSA) is 35.8 Å². The van der Waals surface area contributed by atoms with Gasteiger partial charge in [-0.05, 0) is 42.3 Å². The number of nitriles is 1. The number of halogens is 2. The van der Waals surface area contributed by atoms with Gasteiger partial charge >= 0.3 is 0 Å². The lowest BCUT2D eigenvalue weighted by Crippen LogP contribution is -2.10. The smallest absolute Gasteiger partial charge is 0.101 e. The second-order valence-electron chi connectivity index (χ2n) is 4.46. The van der Waals surface area contributed by atoms with E-state index in [9.17, 15) is 5.26 Å². The molecule has 2 aromatic carbocycles. The highest BCUT2D eigenvalue weighted by molar-refractivity contribution is 9.10. The third-order valence-electron chi connectivity index (χ3n) is 3.09. The lowest BCUT2D eigenvalue weighted by atomic mass is 10.0. The van der Waals surface area contributed by atoms with E-state index in [1.165, 1.54) is 5.56 Å². The van der Waals surface area contributed by atoms with Crippen molar-refractivity contribution >= 4 is 37.5 Å². The molecule has 0 fully saturated rings. The highest BCUT2D eigenvalue weighted by atomic mass is 79.9. The summed E-state index contributed by atoms with van der Waals surface area (Å²) >= 11 is 6.95. The van der Waals surface area contributed by atoms with E-state index in [2.05, 4.69) is 62.3 Å². The molecule has 0 aliphatic carbocycles. The summed E-state index contributed by atoms with van der Waals surface area (Å²) < 4.78 is 2.02. The number of benzene rings is 2. The van der Waals surface area contributed by atoms with Crippen LogP contribution in [-0.4, -0.2) is 0 Å². The summed E-state index contributed by atoms with van der Waals surface area (Å²) in [5.41, 5.74) is 2.71. The van der Waals surface area contributed by atoms with Crippen LogP contribution in [0.1, 0.15) is 30.5 Å². The molecule has 102 valence electrons. The monoisotopic (exact) mass is 392 g/mol. The van der Waals surface area contributed by atoms with Gasteiger partial charge in [-0.1, -0.05) is 50.9 Å². The van der Waals surface area contributed by atoms with E-state index in [0.29, 0.717) is 5.56 Å². The van der Waals surface area contributed by atoms with Crippen LogP contribution in [0, 0.1) is 11.3 Å². The first-order chi connectivity index (χ1) is 9.63. The molecule has 2 rings (SSSR count). The van der Waals surface area contributed by atoms with Crippen LogP contribution in [0.5, 0.6) is 0 Å². The summed E-state index contributed by atoms with van der Waals surface area (Å²) in [4.78, 5) is 0. The van der Waals surface area contributed by atoms with E-state index < -0.39 is 0 Å². The Kier molecular flexibility index (Phi) is 5.22. The molecular formula is C16H14Br2N2. The fraction of sp³-hybridized carbons (Fsp3) is 0.188. The van der Waals surface area contributed by atoms with E-state index in [0.717, 1.165) is 21.1 Å². The molecule has 2 nitrogen and oxygen atoms in total. The molecule has 1 N–H and O–H groups in total. The first-order valence-electron chi connectivity index (χ1n) is 6.35. The maximum absolute atomic E-state index is 9.20. The zero-order chi connectivity index (χ0) is 14.5. The van der Waals surface area contributed by atoms with Crippen LogP contribution >= 0.6 is 31.9 Å². The summed E-state index contributed by atoms with van der Waals surface area (Å²) in [6.45, 7) is 2.13. The van der Waals surface area contributed by atoms with Gasteiger partial charge in [0.1, 0.15) is 6.07 Å². The van der Waals surface area contributed by atoms with Crippen molar-refractivity contribution in [3.05, 3.63) is 62.5 Å². The Bertz CT molecular complexity index is 647. The van der Waals surface area contributed by atoms with Gasteiger partial charge in [0.15, 0.2) is 0 Å². The van der Waals surface area contributed by atoms with Crippen molar-refractivity contribution in [3.8, 4) is 6.07 Å². The van der Waals surface area contributed by atoms with Crippen LogP contribution in [0.2, 0.25) is 0 Å². The second-order valence-corrected chi connectivity index (χ2v) is 6.29. The number of hydrogen-bond donors (Lipinski definition) is 1. The van der Waals surface area contributed by atoms with Crippen LogP contribution in [-0.2, 0) is 0 Å². The van der Waals surface area contributed by atoms with Crippen LogP contribution in [0.3, 0.4) is 0 Å². The molecule has 1 atom stereocenters. The summed E-state index contributed by atoms with van der Waals surface area (Å²) in [5, 5.41) is 12.7. The van der Waals surface area contributed by atoms with E-state index >= 15 is 0 Å². The summed E-state index contributed by atoms with van der Waals surface area (Å²) in [6.07, 6.45) is 0.938. The third-order valence-corrected chi connectivity index (χ3v) is 4.08. The van der Waals surface area contributed by atoms with Gasteiger partial charge in [-0.25, -0.2) is 0 Å². The Morgan fingerprint density at radius 2 is 1.90 bits per heavy atom. The van der Waals surface area contributed by atoms with Gasteiger partial charge in [0.25, 0.3) is 0 Å². The molecule has 0 saturated carbocycles. The molecular weight excluding hydrogens is 380 g/mol. The number of nitrogens with zero attached hydrogens (tertiary/aromatic N) is 1. The maximum Gasteiger partial charge on any atom is 0.101 e. The zero-order valence-corrected chi connectivity index (χ0v) is 14.2. The fourth-order valence-electron chi connectivity index (χ4n) is 2.07. The van der Waals surface area contributed by atoms with Crippen LogP contribution in [0.25, 0.3) is 0 Å². The molecule has 0 aliphatic heterocycles. The predicted octanol–water partition coefficient (Wildman–Crippen LogP) is 5.65. The molecule has 0 aliphatic rings. The van der Waals surface area contributed by atoms with Crippen molar-refractivity contribution < 1.29 is 0 Å². The van der Waals surface area contributed by atoms with Crippen LogP contribution in [0.15, 0.2) is 51.4 Å². The molecule has 0 bridgehead atoms. The normalized spacial score (nSPS) is 11.7. The zero-order valence-electron chi connectivity index (χ0n) is 11.0. The van der Waals surface area contributed by atoms with Gasteiger partial charge in [-0.3, -0.25) is 0 Å². The van der Waals surface area contributed by atoms with Gasteiger partial charge in [0.05, 0.1) is 17.3 Å². The first-order valence-corrected chi connectivity index (χ1v) is 7.94. The summed E-state index contributed by atoms with van der Waals surface area (Å²) in [6, 6.07) is 16.3. The second kappa shape index (κ2) is 6.92. The van der Waals surface area contributed by atoms with E-state index in [1.807, 2.05) is 30.3 Å². The minimum atomic E-state index is 0.175. The SMILES string of the molecule is CCC(Nc1cc(Br)ccc1C#N)c1cccc(Br)c1. The Labute approximate surface area is 136 Å². The van der Waals surface area contributed by atoms with Crippen molar-refractivity contribution in [2.45, 2.75) is 19.4 Å². The molecule has 0 radical (unpaired) electrons. The van der Waals surface area contributed by atoms with Gasteiger partial charge < -0.3 is 5.32 Å². The van der Waals surface area contributed by atoms with Crippen molar-refractivity contribution in [1.82, 2.24) is 0 Å². The molecule has 0 saturated heterocycles. The standard InChI is InChI=1S/C16H14Br2N2/c1-2-15(11-4-3-5-13(17)8-11)20-16-9-14(18)7-6-12(16)10-19/h3-9,15,20H,2H2,1H3. The molecule has 0 amide bonds. The third kappa shape index (κ3) is 3.62. The van der Waals surface area contributed by atoms with Crippen molar-refractivity contribution in [2.75, 3.05) is 5.32 Å². The summed E-state index contributed by atoms with van der Waals surface area (Å²) in [5.74, 6) is 0. The molecule has 0 spiro atoms. The first kappa shape index (κ1) is 15.1. The lowest BCUT2D eigenvalue weighted by Gasteiger charge is -2.20. The Balaban J connectivity index is 2.31. The van der Waals surface area contributed by atoms with Gasteiger partial charge in [0.2, 0.25) is 0 Å². The molecule has 4 heteroatoms. The Hall–Kier alpha value is -1.31. The molecule has 1 unspecified atom stereocenters. The average molecular weight is 394 g/mol. The largest absolute Gasteiger partial charge is 0.377 e. The maximum atomic E-state index is 9.20. The molecule has 2 aromatic rings. The quantitative estimate of drug-likeness (QED) is 0.728. The van der Waals surface area contributed by atoms with E-state index in [4.69, 9.17) is 0 Å². The van der Waals surface area contributed by atoms with Gasteiger partial charge in [-0.2, -0.15) is 5.26 Å².